The first-order valence-electron chi connectivity index (χ1n) is 6.51. The second kappa shape index (κ2) is 5.48. The summed E-state index contributed by atoms with van der Waals surface area (Å²) < 4.78 is 5.60. The largest absolute Gasteiger partial charge is 0.479 e. The number of nitrogens with zero attached hydrogens (tertiary/aromatic N) is 2. The zero-order valence-corrected chi connectivity index (χ0v) is 11.7. The number of carbonyl (C=O) groups excluding carboxylic acids is 1. The molecule has 5 heteroatoms. The van der Waals surface area contributed by atoms with Gasteiger partial charge in [0, 0.05) is 18.3 Å². The number of nitrogen functional groups attached to an aromatic ring is 1. The molecule has 2 N–H and O–H groups in total. The fourth-order valence-electron chi connectivity index (χ4n) is 2.20. The molecule has 0 saturated carbocycles. The van der Waals surface area contributed by atoms with Crippen molar-refractivity contribution in [3.05, 3.63) is 18.2 Å². The number of hydrogen-bond donors (Lipinski definition) is 1. The van der Waals surface area contributed by atoms with Gasteiger partial charge in [-0.05, 0) is 46.1 Å². The molecule has 0 bridgehead atoms. The predicted molar refractivity (Wildman–Crippen MR) is 76.5 cm³/mol. The van der Waals surface area contributed by atoms with Gasteiger partial charge in [0.05, 0.1) is 5.69 Å². The van der Waals surface area contributed by atoms with Crippen LogP contribution in [0.2, 0.25) is 0 Å². The molecular formula is C14H21N3O2. The highest BCUT2D eigenvalue weighted by molar-refractivity contribution is 6.00. The molecule has 1 aliphatic rings. The van der Waals surface area contributed by atoms with Crippen LogP contribution in [0.4, 0.5) is 11.4 Å². The average Bonchev–Trinajstić information content (AvgIpc) is 2.33. The SMILES string of the molecule is CC1Oc2cc(N)ccc2N(CCCN(C)C)C1=O. The maximum atomic E-state index is 12.2. The summed E-state index contributed by atoms with van der Waals surface area (Å²) in [7, 11) is 4.05. The summed E-state index contributed by atoms with van der Waals surface area (Å²) in [6.07, 6.45) is 0.476. The van der Waals surface area contributed by atoms with Crippen LogP contribution in [-0.4, -0.2) is 44.1 Å². The van der Waals surface area contributed by atoms with Crippen LogP contribution in [0, 0.1) is 0 Å². The minimum Gasteiger partial charge on any atom is -0.479 e. The van der Waals surface area contributed by atoms with E-state index in [0.717, 1.165) is 18.7 Å². The topological polar surface area (TPSA) is 58.8 Å². The summed E-state index contributed by atoms with van der Waals surface area (Å²) in [5.74, 6) is 0.702. The molecule has 1 aliphatic heterocycles. The molecule has 19 heavy (non-hydrogen) atoms. The molecule has 1 unspecified atom stereocenters. The molecule has 0 saturated heterocycles. The molecule has 1 amide bonds. The highest BCUT2D eigenvalue weighted by atomic mass is 16.5. The van der Waals surface area contributed by atoms with Crippen LogP contribution in [0.15, 0.2) is 18.2 Å². The molecule has 104 valence electrons. The maximum absolute atomic E-state index is 12.2. The fraction of sp³-hybridized carbons (Fsp3) is 0.500. The van der Waals surface area contributed by atoms with Crippen LogP contribution >= 0.6 is 0 Å². The summed E-state index contributed by atoms with van der Waals surface area (Å²) >= 11 is 0. The van der Waals surface area contributed by atoms with Gasteiger partial charge in [-0.25, -0.2) is 0 Å². The quantitative estimate of drug-likeness (QED) is 0.833. The summed E-state index contributed by atoms with van der Waals surface area (Å²) in [6, 6.07) is 5.42. The van der Waals surface area contributed by atoms with Crippen LogP contribution < -0.4 is 15.4 Å². The number of rotatable bonds is 4. The van der Waals surface area contributed by atoms with Gasteiger partial charge in [-0.1, -0.05) is 0 Å². The van der Waals surface area contributed by atoms with Gasteiger partial charge in [-0.2, -0.15) is 0 Å². The lowest BCUT2D eigenvalue weighted by Crippen LogP contribution is -2.45. The minimum atomic E-state index is -0.450. The van der Waals surface area contributed by atoms with Crippen molar-refractivity contribution in [1.29, 1.82) is 0 Å². The molecule has 1 aromatic carbocycles. The zero-order valence-electron chi connectivity index (χ0n) is 11.7. The third kappa shape index (κ3) is 2.98. The molecule has 0 spiro atoms. The third-order valence-electron chi connectivity index (χ3n) is 3.18. The van der Waals surface area contributed by atoms with Crippen LogP contribution in [0.5, 0.6) is 5.75 Å². The van der Waals surface area contributed by atoms with Gasteiger partial charge in [-0.15, -0.1) is 0 Å². The molecule has 0 fully saturated rings. The lowest BCUT2D eigenvalue weighted by Gasteiger charge is -2.33. The first-order chi connectivity index (χ1) is 8.99. The Kier molecular flexibility index (Phi) is 3.95. The lowest BCUT2D eigenvalue weighted by atomic mass is 10.1. The highest BCUT2D eigenvalue weighted by Crippen LogP contribution is 2.35. The monoisotopic (exact) mass is 263 g/mol. The standard InChI is InChI=1S/C14H21N3O2/c1-10-14(18)17(8-4-7-16(2)3)12-6-5-11(15)9-13(12)19-10/h5-6,9-10H,4,7-8,15H2,1-3H3. The van der Waals surface area contributed by atoms with Gasteiger partial charge in [-0.3, -0.25) is 4.79 Å². The van der Waals surface area contributed by atoms with Gasteiger partial charge >= 0.3 is 0 Å². The first kappa shape index (κ1) is 13.7. The Morgan fingerprint density at radius 1 is 1.42 bits per heavy atom. The molecule has 0 aromatic heterocycles. The predicted octanol–water partition coefficient (Wildman–Crippen LogP) is 1.33. The van der Waals surface area contributed by atoms with Crippen molar-refractivity contribution in [2.45, 2.75) is 19.4 Å². The van der Waals surface area contributed by atoms with Crippen LogP contribution in [-0.2, 0) is 4.79 Å². The Morgan fingerprint density at radius 3 is 2.84 bits per heavy atom. The summed E-state index contributed by atoms with van der Waals surface area (Å²) in [5.41, 5.74) is 7.22. The number of anilines is 2. The van der Waals surface area contributed by atoms with Crippen LogP contribution in [0.3, 0.4) is 0 Å². The van der Waals surface area contributed by atoms with E-state index in [1.54, 1.807) is 24.0 Å². The van der Waals surface area contributed by atoms with E-state index in [9.17, 15) is 4.79 Å². The van der Waals surface area contributed by atoms with E-state index in [0.29, 0.717) is 18.0 Å². The fourth-order valence-corrected chi connectivity index (χ4v) is 2.20. The average molecular weight is 263 g/mol. The van der Waals surface area contributed by atoms with Gasteiger partial charge in [0.2, 0.25) is 0 Å². The Labute approximate surface area is 113 Å². The molecule has 0 aliphatic carbocycles. The van der Waals surface area contributed by atoms with Crippen LogP contribution in [0.1, 0.15) is 13.3 Å². The van der Waals surface area contributed by atoms with E-state index < -0.39 is 6.10 Å². The van der Waals surface area contributed by atoms with Crippen molar-refractivity contribution in [3.63, 3.8) is 0 Å². The Bertz CT molecular complexity index is 474. The molecular weight excluding hydrogens is 242 g/mol. The van der Waals surface area contributed by atoms with Gasteiger partial charge < -0.3 is 20.3 Å². The van der Waals surface area contributed by atoms with Crippen molar-refractivity contribution in [3.8, 4) is 5.75 Å². The van der Waals surface area contributed by atoms with E-state index in [1.807, 2.05) is 20.2 Å². The maximum Gasteiger partial charge on any atom is 0.267 e. The van der Waals surface area contributed by atoms with Gasteiger partial charge in [0.15, 0.2) is 6.10 Å². The van der Waals surface area contributed by atoms with E-state index in [2.05, 4.69) is 4.90 Å². The number of carbonyl (C=O) groups is 1. The molecule has 1 aromatic rings. The third-order valence-corrected chi connectivity index (χ3v) is 3.18. The molecule has 2 rings (SSSR count). The number of amides is 1. The molecule has 5 nitrogen and oxygen atoms in total. The number of hydrogen-bond acceptors (Lipinski definition) is 4. The van der Waals surface area contributed by atoms with Crippen molar-refractivity contribution >= 4 is 17.3 Å². The number of nitrogens with two attached hydrogens (primary N) is 1. The highest BCUT2D eigenvalue weighted by Gasteiger charge is 2.31. The normalized spacial score (nSPS) is 18.4. The molecule has 0 radical (unpaired) electrons. The number of ether oxygens (including phenoxy) is 1. The van der Waals surface area contributed by atoms with Crippen molar-refractivity contribution in [2.75, 3.05) is 37.8 Å². The first-order valence-corrected chi connectivity index (χ1v) is 6.51. The Hall–Kier alpha value is -1.75. The number of benzene rings is 1. The van der Waals surface area contributed by atoms with Gasteiger partial charge in [0.1, 0.15) is 5.75 Å². The summed E-state index contributed by atoms with van der Waals surface area (Å²) in [5, 5.41) is 0. The zero-order chi connectivity index (χ0) is 14.0. The second-order valence-corrected chi connectivity index (χ2v) is 5.13. The smallest absolute Gasteiger partial charge is 0.267 e. The van der Waals surface area contributed by atoms with E-state index in [1.165, 1.54) is 0 Å². The van der Waals surface area contributed by atoms with Crippen LogP contribution in [0.25, 0.3) is 0 Å². The van der Waals surface area contributed by atoms with Crippen molar-refractivity contribution in [1.82, 2.24) is 4.90 Å². The molecule has 1 atom stereocenters. The van der Waals surface area contributed by atoms with Crippen molar-refractivity contribution < 1.29 is 9.53 Å². The second-order valence-electron chi connectivity index (χ2n) is 5.13. The van der Waals surface area contributed by atoms with Gasteiger partial charge in [0.25, 0.3) is 5.91 Å². The summed E-state index contributed by atoms with van der Waals surface area (Å²) in [4.78, 5) is 16.1. The number of fused-ring (bicyclic) bond motifs is 1. The minimum absolute atomic E-state index is 0.0102. The van der Waals surface area contributed by atoms with E-state index >= 15 is 0 Å². The van der Waals surface area contributed by atoms with Crippen molar-refractivity contribution in [2.24, 2.45) is 0 Å². The molecule has 1 heterocycles. The Morgan fingerprint density at radius 2 is 2.16 bits per heavy atom. The van der Waals surface area contributed by atoms with E-state index in [-0.39, 0.29) is 5.91 Å². The Balaban J connectivity index is 2.19. The van der Waals surface area contributed by atoms with E-state index in [4.69, 9.17) is 10.5 Å². The lowest BCUT2D eigenvalue weighted by molar-refractivity contribution is -0.125. The summed E-state index contributed by atoms with van der Waals surface area (Å²) in [6.45, 7) is 3.42.